The Labute approximate surface area is 144 Å². The van der Waals surface area contributed by atoms with Crippen LogP contribution in [0.4, 0.5) is 0 Å². The minimum absolute atomic E-state index is 0.0666. The Kier molecular flexibility index (Phi) is 8.63. The molecule has 0 saturated heterocycles. The van der Waals surface area contributed by atoms with Crippen LogP contribution in [0.5, 0.6) is 0 Å². The highest BCUT2D eigenvalue weighted by Crippen LogP contribution is 2.08. The molecule has 24 heavy (non-hydrogen) atoms. The summed E-state index contributed by atoms with van der Waals surface area (Å²) >= 11 is 0. The van der Waals surface area contributed by atoms with Gasteiger partial charge in [-0.2, -0.15) is 8.42 Å². The van der Waals surface area contributed by atoms with Crippen LogP contribution in [0.3, 0.4) is 0 Å². The van der Waals surface area contributed by atoms with Gasteiger partial charge in [0.05, 0.1) is 4.90 Å². The standard InChI is InChI=1S/C11H17NO.C7H8O3S/c1-12(8-5-9-13)10-11-6-3-2-4-7-11;1-6-2-4-7(5-3-6)11(8,9)10/h2-4,6-7,13H,5,8-10H2,1H3;2-5H,1H3,(H,8,9,10). The minimum atomic E-state index is -4.02. The number of benzene rings is 2. The lowest BCUT2D eigenvalue weighted by Gasteiger charge is -2.15. The van der Waals surface area contributed by atoms with Gasteiger partial charge in [0.25, 0.3) is 10.1 Å². The smallest absolute Gasteiger partial charge is 0.294 e. The summed E-state index contributed by atoms with van der Waals surface area (Å²) in [6.45, 7) is 4.03. The summed E-state index contributed by atoms with van der Waals surface area (Å²) in [5, 5.41) is 8.65. The van der Waals surface area contributed by atoms with Gasteiger partial charge < -0.3 is 10.0 Å². The second-order valence-electron chi connectivity index (χ2n) is 5.59. The quantitative estimate of drug-likeness (QED) is 0.783. The lowest BCUT2D eigenvalue weighted by atomic mass is 10.2. The van der Waals surface area contributed by atoms with Gasteiger partial charge in [-0.3, -0.25) is 4.55 Å². The van der Waals surface area contributed by atoms with Crippen molar-refractivity contribution >= 4 is 10.1 Å². The average Bonchev–Trinajstić information content (AvgIpc) is 2.54. The van der Waals surface area contributed by atoms with Crippen molar-refractivity contribution in [3.63, 3.8) is 0 Å². The lowest BCUT2D eigenvalue weighted by Crippen LogP contribution is -2.19. The van der Waals surface area contributed by atoms with Crippen molar-refractivity contribution in [1.29, 1.82) is 0 Å². The average molecular weight is 351 g/mol. The maximum Gasteiger partial charge on any atom is 0.294 e. The molecule has 0 unspecified atom stereocenters. The fraction of sp³-hybridized carbons (Fsp3) is 0.333. The second kappa shape index (κ2) is 10.2. The van der Waals surface area contributed by atoms with Crippen LogP contribution in [-0.4, -0.2) is 43.2 Å². The van der Waals surface area contributed by atoms with Gasteiger partial charge in [0.1, 0.15) is 0 Å². The molecule has 0 fully saturated rings. The van der Waals surface area contributed by atoms with E-state index in [0.717, 1.165) is 25.1 Å². The summed E-state index contributed by atoms with van der Waals surface area (Å²) in [7, 11) is -1.95. The third-order valence-electron chi connectivity index (χ3n) is 3.31. The SMILES string of the molecule is CN(CCCO)Cc1ccccc1.Cc1ccc(S(=O)(=O)O)cc1. The third-order valence-corrected chi connectivity index (χ3v) is 4.18. The van der Waals surface area contributed by atoms with E-state index in [1.165, 1.54) is 17.7 Å². The van der Waals surface area contributed by atoms with Gasteiger partial charge in [0.15, 0.2) is 0 Å². The summed E-state index contributed by atoms with van der Waals surface area (Å²) < 4.78 is 29.6. The molecule has 2 aromatic rings. The molecular weight excluding hydrogens is 326 g/mol. The normalized spacial score (nSPS) is 11.0. The second-order valence-corrected chi connectivity index (χ2v) is 7.01. The number of aliphatic hydroxyl groups is 1. The first-order valence-corrected chi connectivity index (χ1v) is 9.14. The van der Waals surface area contributed by atoms with Crippen molar-refractivity contribution in [3.8, 4) is 0 Å². The van der Waals surface area contributed by atoms with Crippen molar-refractivity contribution in [3.05, 3.63) is 65.7 Å². The maximum atomic E-state index is 10.5. The van der Waals surface area contributed by atoms with Crippen molar-refractivity contribution in [2.75, 3.05) is 20.2 Å². The van der Waals surface area contributed by atoms with Gasteiger partial charge >= 0.3 is 0 Å². The van der Waals surface area contributed by atoms with Crippen LogP contribution >= 0.6 is 0 Å². The summed E-state index contributed by atoms with van der Waals surface area (Å²) in [4.78, 5) is 2.15. The molecule has 0 radical (unpaired) electrons. The van der Waals surface area contributed by atoms with E-state index < -0.39 is 10.1 Å². The largest absolute Gasteiger partial charge is 0.396 e. The van der Waals surface area contributed by atoms with Gasteiger partial charge in [-0.1, -0.05) is 48.0 Å². The molecule has 2 N–H and O–H groups in total. The van der Waals surface area contributed by atoms with Crippen LogP contribution in [0.1, 0.15) is 17.5 Å². The predicted octanol–water partition coefficient (Wildman–Crippen LogP) is 2.74. The highest BCUT2D eigenvalue weighted by Gasteiger charge is 2.06. The van der Waals surface area contributed by atoms with E-state index in [9.17, 15) is 8.42 Å². The molecule has 0 atom stereocenters. The molecule has 2 aromatic carbocycles. The molecule has 0 aromatic heterocycles. The molecular formula is C18H25NO4S. The first kappa shape index (κ1) is 20.3. The molecule has 132 valence electrons. The van der Waals surface area contributed by atoms with E-state index in [1.807, 2.05) is 13.0 Å². The molecule has 0 aliphatic heterocycles. The van der Waals surface area contributed by atoms with Gasteiger partial charge in [-0.15, -0.1) is 0 Å². The Morgan fingerprint density at radius 2 is 1.58 bits per heavy atom. The molecule has 0 heterocycles. The van der Waals surface area contributed by atoms with E-state index in [1.54, 1.807) is 12.1 Å². The zero-order chi connectivity index (χ0) is 18.0. The summed E-state index contributed by atoms with van der Waals surface area (Å²) in [6.07, 6.45) is 0.851. The molecule has 0 amide bonds. The molecule has 0 aliphatic carbocycles. The highest BCUT2D eigenvalue weighted by atomic mass is 32.2. The van der Waals surface area contributed by atoms with E-state index in [-0.39, 0.29) is 11.5 Å². The topological polar surface area (TPSA) is 77.8 Å². The number of aryl methyl sites for hydroxylation is 1. The van der Waals surface area contributed by atoms with Crippen molar-refractivity contribution in [1.82, 2.24) is 4.90 Å². The Bertz CT molecular complexity index is 685. The molecule has 2 rings (SSSR count). The summed E-state index contributed by atoms with van der Waals surface area (Å²) in [5.41, 5.74) is 2.28. The molecule has 6 heteroatoms. The van der Waals surface area contributed by atoms with Gasteiger partial charge in [-0.05, 0) is 38.1 Å². The number of aliphatic hydroxyl groups excluding tert-OH is 1. The zero-order valence-electron chi connectivity index (χ0n) is 14.1. The van der Waals surface area contributed by atoms with E-state index >= 15 is 0 Å². The number of hydrogen-bond acceptors (Lipinski definition) is 4. The number of nitrogens with zero attached hydrogens (tertiary/aromatic N) is 1. The fourth-order valence-corrected chi connectivity index (χ4v) is 2.51. The van der Waals surface area contributed by atoms with E-state index in [4.69, 9.17) is 9.66 Å². The van der Waals surface area contributed by atoms with Crippen LogP contribution < -0.4 is 0 Å². The Balaban J connectivity index is 0.000000243. The Hall–Kier alpha value is -1.73. The van der Waals surface area contributed by atoms with Crippen LogP contribution in [0.2, 0.25) is 0 Å². The summed E-state index contributed by atoms with van der Waals surface area (Å²) in [6, 6.07) is 16.4. The highest BCUT2D eigenvalue weighted by molar-refractivity contribution is 7.85. The number of hydrogen-bond donors (Lipinski definition) is 2. The van der Waals surface area contributed by atoms with E-state index in [0.29, 0.717) is 0 Å². The van der Waals surface area contributed by atoms with E-state index in [2.05, 4.69) is 36.2 Å². The molecule has 5 nitrogen and oxygen atoms in total. The zero-order valence-corrected chi connectivity index (χ0v) is 14.9. The van der Waals surface area contributed by atoms with Crippen LogP contribution in [0.15, 0.2) is 59.5 Å². The molecule has 0 saturated carbocycles. The first-order valence-electron chi connectivity index (χ1n) is 7.70. The monoisotopic (exact) mass is 351 g/mol. The predicted molar refractivity (Wildman–Crippen MR) is 95.5 cm³/mol. The minimum Gasteiger partial charge on any atom is -0.396 e. The van der Waals surface area contributed by atoms with Crippen LogP contribution in [0, 0.1) is 6.92 Å². The third kappa shape index (κ3) is 8.21. The maximum absolute atomic E-state index is 10.5. The Morgan fingerprint density at radius 3 is 2.08 bits per heavy atom. The number of rotatable bonds is 6. The lowest BCUT2D eigenvalue weighted by molar-refractivity contribution is 0.244. The van der Waals surface area contributed by atoms with Crippen molar-refractivity contribution in [2.45, 2.75) is 24.8 Å². The van der Waals surface area contributed by atoms with Crippen molar-refractivity contribution in [2.24, 2.45) is 0 Å². The Morgan fingerprint density at radius 1 is 1.00 bits per heavy atom. The van der Waals surface area contributed by atoms with Gasteiger partial charge in [0, 0.05) is 19.7 Å². The van der Waals surface area contributed by atoms with Crippen LogP contribution in [0.25, 0.3) is 0 Å². The van der Waals surface area contributed by atoms with Crippen LogP contribution in [-0.2, 0) is 16.7 Å². The van der Waals surface area contributed by atoms with Gasteiger partial charge in [-0.25, -0.2) is 0 Å². The molecule has 0 aliphatic rings. The molecule has 0 spiro atoms. The van der Waals surface area contributed by atoms with Crippen molar-refractivity contribution < 1.29 is 18.1 Å². The molecule has 0 bridgehead atoms. The summed E-state index contributed by atoms with van der Waals surface area (Å²) in [5.74, 6) is 0. The first-order chi connectivity index (χ1) is 11.3. The van der Waals surface area contributed by atoms with Gasteiger partial charge in [0.2, 0.25) is 0 Å². The fourth-order valence-electron chi connectivity index (χ4n) is 2.03.